The van der Waals surface area contributed by atoms with Crippen LogP contribution in [0.15, 0.2) is 47.1 Å². The van der Waals surface area contributed by atoms with E-state index in [1.165, 1.54) is 11.1 Å². The van der Waals surface area contributed by atoms with E-state index in [-0.39, 0.29) is 28.8 Å². The lowest BCUT2D eigenvalue weighted by Crippen LogP contribution is -2.54. The van der Waals surface area contributed by atoms with E-state index in [1.807, 2.05) is 0 Å². The number of likely N-dealkylation sites (tertiary alicyclic amines) is 1. The highest BCUT2D eigenvalue weighted by atomic mass is 16.6. The highest BCUT2D eigenvalue weighted by Gasteiger charge is 2.63. The van der Waals surface area contributed by atoms with Gasteiger partial charge in [0.05, 0.1) is 5.71 Å². The molecule has 3 saturated carbocycles. The van der Waals surface area contributed by atoms with E-state index in [9.17, 15) is 9.90 Å². The van der Waals surface area contributed by atoms with Gasteiger partial charge in [-0.2, -0.15) is 0 Å². The lowest BCUT2D eigenvalue weighted by Gasteiger charge is -2.58. The number of allylic oxidation sites excluding steroid dienone is 2. The van der Waals surface area contributed by atoms with E-state index in [4.69, 9.17) is 11.3 Å². The van der Waals surface area contributed by atoms with Crippen molar-refractivity contribution >= 4 is 11.6 Å². The van der Waals surface area contributed by atoms with Crippen LogP contribution in [0.25, 0.3) is 0 Å². The number of fused-ring (bicyclic) bond motifs is 5. The fraction of sp³-hybridized carbons (Fsp3) is 0.692. The molecule has 45 heavy (non-hydrogen) atoms. The first-order valence-electron chi connectivity index (χ1n) is 17.6. The van der Waals surface area contributed by atoms with Gasteiger partial charge in [-0.25, -0.2) is 0 Å². The van der Waals surface area contributed by atoms with Gasteiger partial charge in [-0.1, -0.05) is 67.8 Å². The summed E-state index contributed by atoms with van der Waals surface area (Å²) in [6, 6.07) is 11.3. The third kappa shape index (κ3) is 5.46. The summed E-state index contributed by atoms with van der Waals surface area (Å²) >= 11 is 0. The Morgan fingerprint density at radius 1 is 1.11 bits per heavy atom. The van der Waals surface area contributed by atoms with E-state index in [1.54, 1.807) is 0 Å². The second-order valence-electron chi connectivity index (χ2n) is 15.9. The fourth-order valence-electron chi connectivity index (χ4n) is 10.9. The SMILES string of the molecule is C#C[C@]1(O)CC[C@@H]2[C@@H]3CCC4=C/C(=N\OCC(=O)NCC[C@]5(c6ccccc6)C[C@H](C)N(C)C[C@H]5C)CC[C@]4(C)[C@@H]3CC[C@@]21C. The topological polar surface area (TPSA) is 74.2 Å². The number of hydrogen-bond donors (Lipinski definition) is 2. The van der Waals surface area contributed by atoms with Crippen molar-refractivity contribution < 1.29 is 14.7 Å². The molecule has 244 valence electrons. The van der Waals surface area contributed by atoms with Gasteiger partial charge in [-0.05, 0) is 119 Å². The molecule has 6 rings (SSSR count). The molecule has 6 heteroatoms. The summed E-state index contributed by atoms with van der Waals surface area (Å²) in [6.07, 6.45) is 18.2. The average molecular weight is 614 g/mol. The Bertz CT molecular complexity index is 1370. The van der Waals surface area contributed by atoms with Crippen molar-refractivity contribution in [2.75, 3.05) is 26.7 Å². The van der Waals surface area contributed by atoms with Crippen LogP contribution < -0.4 is 5.32 Å². The molecule has 1 aromatic carbocycles. The molecule has 0 radical (unpaired) electrons. The summed E-state index contributed by atoms with van der Waals surface area (Å²) in [5.41, 5.74) is 2.90. The summed E-state index contributed by atoms with van der Waals surface area (Å²) < 4.78 is 0. The Morgan fingerprint density at radius 2 is 1.87 bits per heavy atom. The zero-order chi connectivity index (χ0) is 32.0. The van der Waals surface area contributed by atoms with Crippen LogP contribution in [0, 0.1) is 46.8 Å². The molecule has 4 aliphatic carbocycles. The van der Waals surface area contributed by atoms with Crippen molar-refractivity contribution in [3.05, 3.63) is 47.5 Å². The number of benzene rings is 1. The van der Waals surface area contributed by atoms with E-state index in [0.717, 1.165) is 76.5 Å². The maximum atomic E-state index is 12.8. The molecule has 4 fully saturated rings. The first-order chi connectivity index (χ1) is 21.5. The molecule has 2 N–H and O–H groups in total. The number of oxime groups is 1. The van der Waals surface area contributed by atoms with Gasteiger partial charge in [0, 0.05) is 30.0 Å². The summed E-state index contributed by atoms with van der Waals surface area (Å²) in [4.78, 5) is 20.9. The predicted octanol–water partition coefficient (Wildman–Crippen LogP) is 6.49. The molecule has 0 spiro atoms. The Morgan fingerprint density at radius 3 is 2.62 bits per heavy atom. The second-order valence-corrected chi connectivity index (χ2v) is 15.9. The molecule has 6 nitrogen and oxygen atoms in total. The number of nitrogens with one attached hydrogen (secondary N) is 1. The first-order valence-corrected chi connectivity index (χ1v) is 17.6. The maximum Gasteiger partial charge on any atom is 0.260 e. The molecule has 0 unspecified atom stereocenters. The lowest BCUT2D eigenvalue weighted by molar-refractivity contribution is -0.125. The Balaban J connectivity index is 1.04. The van der Waals surface area contributed by atoms with E-state index >= 15 is 0 Å². The van der Waals surface area contributed by atoms with Gasteiger partial charge >= 0.3 is 0 Å². The largest absolute Gasteiger partial charge is 0.385 e. The highest BCUT2D eigenvalue weighted by Crippen LogP contribution is 2.67. The Hall–Kier alpha value is -2.62. The second kappa shape index (κ2) is 12.2. The van der Waals surface area contributed by atoms with E-state index in [0.29, 0.717) is 36.3 Å². The third-order valence-corrected chi connectivity index (χ3v) is 13.9. The zero-order valence-corrected chi connectivity index (χ0v) is 28.3. The van der Waals surface area contributed by atoms with Crippen LogP contribution in [0.2, 0.25) is 0 Å². The normalized spacial score (nSPS) is 42.1. The van der Waals surface area contributed by atoms with Crippen LogP contribution in [0.3, 0.4) is 0 Å². The molecule has 1 saturated heterocycles. The molecule has 1 aliphatic heterocycles. The van der Waals surface area contributed by atoms with Crippen molar-refractivity contribution in [2.45, 2.75) is 109 Å². The molecule has 1 aromatic rings. The minimum Gasteiger partial charge on any atom is -0.385 e. The average Bonchev–Trinajstić information content (AvgIpc) is 3.31. The highest BCUT2D eigenvalue weighted by molar-refractivity contribution is 5.96. The quantitative estimate of drug-likeness (QED) is 0.272. The number of terminal acetylenes is 1. The number of hydrogen-bond acceptors (Lipinski definition) is 5. The predicted molar refractivity (Wildman–Crippen MR) is 180 cm³/mol. The zero-order valence-electron chi connectivity index (χ0n) is 28.3. The third-order valence-electron chi connectivity index (χ3n) is 13.9. The van der Waals surface area contributed by atoms with Gasteiger partial charge in [0.25, 0.3) is 5.91 Å². The Labute approximate surface area is 271 Å². The van der Waals surface area contributed by atoms with Crippen molar-refractivity contribution in [1.82, 2.24) is 10.2 Å². The van der Waals surface area contributed by atoms with E-state index in [2.05, 4.69) is 92.4 Å². The van der Waals surface area contributed by atoms with Gasteiger partial charge in [0.1, 0.15) is 5.60 Å². The van der Waals surface area contributed by atoms with Gasteiger partial charge in [-0.3, -0.25) is 4.79 Å². The summed E-state index contributed by atoms with van der Waals surface area (Å²) in [7, 11) is 2.21. The first kappa shape index (κ1) is 32.3. The van der Waals surface area contributed by atoms with E-state index < -0.39 is 5.60 Å². The van der Waals surface area contributed by atoms with Crippen molar-refractivity contribution in [3.63, 3.8) is 0 Å². The molecular weight excluding hydrogens is 558 g/mol. The smallest absolute Gasteiger partial charge is 0.260 e. The molecular formula is C39H55N3O3. The summed E-state index contributed by atoms with van der Waals surface area (Å²) in [6.45, 7) is 11.0. The Kier molecular flexibility index (Phi) is 8.76. The molecule has 0 aromatic heterocycles. The van der Waals surface area contributed by atoms with Crippen molar-refractivity contribution in [3.8, 4) is 12.3 Å². The number of carbonyl (C=O) groups is 1. The minimum absolute atomic E-state index is 0.0404. The molecule has 0 bridgehead atoms. The summed E-state index contributed by atoms with van der Waals surface area (Å²) in [5.74, 6) is 4.92. The van der Waals surface area contributed by atoms with Gasteiger partial charge in [-0.15, -0.1) is 6.42 Å². The number of amides is 1. The van der Waals surface area contributed by atoms with Crippen LogP contribution in [-0.4, -0.2) is 60.0 Å². The van der Waals surface area contributed by atoms with Crippen molar-refractivity contribution in [1.29, 1.82) is 0 Å². The van der Waals surface area contributed by atoms with Gasteiger partial charge in [0.15, 0.2) is 6.61 Å². The minimum atomic E-state index is -0.955. The van der Waals surface area contributed by atoms with Crippen LogP contribution in [-0.2, 0) is 15.0 Å². The molecule has 9 atom stereocenters. The van der Waals surface area contributed by atoms with Crippen LogP contribution in [0.5, 0.6) is 0 Å². The van der Waals surface area contributed by atoms with Gasteiger partial charge < -0.3 is 20.2 Å². The van der Waals surface area contributed by atoms with Crippen LogP contribution in [0.1, 0.15) is 97.5 Å². The lowest BCUT2D eigenvalue weighted by atomic mass is 9.46. The molecule has 1 amide bonds. The molecule has 1 heterocycles. The van der Waals surface area contributed by atoms with Crippen LogP contribution >= 0.6 is 0 Å². The fourth-order valence-corrected chi connectivity index (χ4v) is 10.9. The van der Waals surface area contributed by atoms with Crippen molar-refractivity contribution in [2.24, 2.45) is 39.7 Å². The number of carbonyl (C=O) groups excluding carboxylic acids is 1. The standard InChI is InChI=1S/C39H55N3O3/c1-7-39(44)20-17-34-32-14-13-30-23-31(15-18-36(30,4)33(32)16-19-37(34,39)5)41-45-26-35(43)40-22-21-38(29-11-9-8-10-12-29)24-28(3)42(6)25-27(38)2/h1,8-12,23,27-28,32-34,44H,13-22,24-26H2,2-6H3,(H,40,43)/b41-31-/t27-,28+,32-,33-,34-,36+,37+,38+,39+/m1/s1. The monoisotopic (exact) mass is 613 g/mol. The van der Waals surface area contributed by atoms with Crippen LogP contribution in [0.4, 0.5) is 0 Å². The maximum absolute atomic E-state index is 12.8. The van der Waals surface area contributed by atoms with Gasteiger partial charge in [0.2, 0.25) is 0 Å². The number of piperidine rings is 1. The number of aliphatic hydroxyl groups is 1. The number of nitrogens with zero attached hydrogens (tertiary/aromatic N) is 2. The summed E-state index contributed by atoms with van der Waals surface area (Å²) in [5, 5.41) is 18.9. The number of rotatable bonds is 7. The molecule has 5 aliphatic rings.